The molecule has 0 radical (unpaired) electrons. The standard InChI is InChI=1S/C18H17N3O2/c1-11-5-3-4-6-15(11)16-18-17(20(18)12(2)19-16)13-7-9-14(10-8-13)21(22)23/h3-10,12,17-18H,1-2H3. The zero-order valence-corrected chi connectivity index (χ0v) is 13.0. The topological polar surface area (TPSA) is 58.5 Å². The Morgan fingerprint density at radius 2 is 1.78 bits per heavy atom. The third kappa shape index (κ3) is 2.16. The normalized spacial score (nSPS) is 28.2. The second-order valence-electron chi connectivity index (χ2n) is 6.15. The molecule has 5 nitrogen and oxygen atoms in total. The lowest BCUT2D eigenvalue weighted by molar-refractivity contribution is -0.384. The van der Waals surface area contributed by atoms with Crippen LogP contribution >= 0.6 is 0 Å². The molecule has 0 amide bonds. The molecule has 4 rings (SSSR count). The molecule has 0 spiro atoms. The van der Waals surface area contributed by atoms with Crippen LogP contribution in [0.25, 0.3) is 0 Å². The van der Waals surface area contributed by atoms with Gasteiger partial charge in [-0.3, -0.25) is 20.0 Å². The molecule has 0 N–H and O–H groups in total. The van der Waals surface area contributed by atoms with Crippen molar-refractivity contribution >= 4 is 11.4 Å². The lowest BCUT2D eigenvalue weighted by Crippen LogP contribution is -2.10. The Kier molecular flexibility index (Phi) is 3.06. The molecule has 116 valence electrons. The second kappa shape index (κ2) is 4.99. The molecule has 2 aromatic carbocycles. The maximum atomic E-state index is 10.8. The highest BCUT2D eigenvalue weighted by molar-refractivity contribution is 6.09. The number of benzene rings is 2. The maximum Gasteiger partial charge on any atom is 0.269 e. The molecule has 1 saturated heterocycles. The van der Waals surface area contributed by atoms with Crippen LogP contribution in [0.2, 0.25) is 0 Å². The van der Waals surface area contributed by atoms with Gasteiger partial charge < -0.3 is 0 Å². The molecule has 5 heteroatoms. The Morgan fingerprint density at radius 3 is 2.43 bits per heavy atom. The van der Waals surface area contributed by atoms with E-state index in [1.165, 1.54) is 11.1 Å². The van der Waals surface area contributed by atoms with Gasteiger partial charge in [0.2, 0.25) is 0 Å². The Labute approximate surface area is 134 Å². The average molecular weight is 307 g/mol. The molecule has 4 unspecified atom stereocenters. The van der Waals surface area contributed by atoms with E-state index in [2.05, 4.69) is 30.9 Å². The van der Waals surface area contributed by atoms with Gasteiger partial charge in [0.05, 0.1) is 22.7 Å². The molecule has 2 aliphatic heterocycles. The molecule has 1 fully saturated rings. The lowest BCUT2D eigenvalue weighted by atomic mass is 9.98. The number of nitrogens with zero attached hydrogens (tertiary/aromatic N) is 3. The van der Waals surface area contributed by atoms with Crippen LogP contribution in [-0.2, 0) is 0 Å². The molecule has 0 aromatic heterocycles. The number of hydrogen-bond acceptors (Lipinski definition) is 4. The van der Waals surface area contributed by atoms with Crippen LogP contribution < -0.4 is 0 Å². The third-order valence-electron chi connectivity index (χ3n) is 4.76. The van der Waals surface area contributed by atoms with Crippen molar-refractivity contribution in [1.29, 1.82) is 0 Å². The summed E-state index contributed by atoms with van der Waals surface area (Å²) < 4.78 is 0. The largest absolute Gasteiger partial charge is 0.269 e. The van der Waals surface area contributed by atoms with Crippen molar-refractivity contribution in [1.82, 2.24) is 4.90 Å². The third-order valence-corrected chi connectivity index (χ3v) is 4.76. The highest BCUT2D eigenvalue weighted by atomic mass is 16.6. The first-order valence-corrected chi connectivity index (χ1v) is 7.73. The fraction of sp³-hybridized carbons (Fsp3) is 0.278. The van der Waals surface area contributed by atoms with Crippen molar-refractivity contribution in [3.05, 3.63) is 75.3 Å². The summed E-state index contributed by atoms with van der Waals surface area (Å²) in [6.45, 7) is 4.21. The second-order valence-corrected chi connectivity index (χ2v) is 6.15. The monoisotopic (exact) mass is 307 g/mol. The molecule has 2 aliphatic rings. The van der Waals surface area contributed by atoms with E-state index in [1.807, 2.05) is 24.3 Å². The van der Waals surface area contributed by atoms with Crippen LogP contribution in [0.1, 0.15) is 29.7 Å². The number of hydrogen-bond donors (Lipinski definition) is 0. The summed E-state index contributed by atoms with van der Waals surface area (Å²) in [6, 6.07) is 15.8. The predicted molar refractivity (Wildman–Crippen MR) is 88.6 cm³/mol. The minimum absolute atomic E-state index is 0.135. The fourth-order valence-electron chi connectivity index (χ4n) is 3.58. The number of rotatable bonds is 3. The summed E-state index contributed by atoms with van der Waals surface area (Å²) in [5, 5.41) is 10.8. The number of fused-ring (bicyclic) bond motifs is 1. The van der Waals surface area contributed by atoms with Crippen LogP contribution in [-0.4, -0.2) is 27.7 Å². The first-order chi connectivity index (χ1) is 11.1. The van der Waals surface area contributed by atoms with Crippen molar-refractivity contribution in [2.45, 2.75) is 32.1 Å². The van der Waals surface area contributed by atoms with Crippen molar-refractivity contribution in [3.8, 4) is 0 Å². The molecular formula is C18H17N3O2. The Bertz CT molecular complexity index is 813. The van der Waals surface area contributed by atoms with E-state index in [0.717, 1.165) is 11.3 Å². The summed E-state index contributed by atoms with van der Waals surface area (Å²) in [5.41, 5.74) is 4.83. The van der Waals surface area contributed by atoms with Crippen molar-refractivity contribution in [3.63, 3.8) is 0 Å². The van der Waals surface area contributed by atoms with E-state index in [1.54, 1.807) is 12.1 Å². The van der Waals surface area contributed by atoms with Crippen molar-refractivity contribution in [2.24, 2.45) is 4.99 Å². The number of aliphatic imine (C=N–C) groups is 1. The molecule has 0 saturated carbocycles. The van der Waals surface area contributed by atoms with Gasteiger partial charge in [0.1, 0.15) is 6.17 Å². The van der Waals surface area contributed by atoms with E-state index < -0.39 is 0 Å². The zero-order valence-electron chi connectivity index (χ0n) is 13.0. The van der Waals surface area contributed by atoms with Gasteiger partial charge in [0.15, 0.2) is 0 Å². The number of nitro groups is 1. The fourth-order valence-corrected chi connectivity index (χ4v) is 3.58. The SMILES string of the molecule is Cc1ccccc1C1=NC(C)N2C1C2c1ccc([N+](=O)[O-])cc1. The Balaban J connectivity index is 1.64. The van der Waals surface area contributed by atoms with Crippen LogP contribution in [0.4, 0.5) is 5.69 Å². The van der Waals surface area contributed by atoms with Crippen LogP contribution in [0.3, 0.4) is 0 Å². The number of non-ortho nitro benzene ring substituents is 1. The van der Waals surface area contributed by atoms with Gasteiger partial charge in [-0.15, -0.1) is 0 Å². The van der Waals surface area contributed by atoms with Crippen molar-refractivity contribution < 1.29 is 4.92 Å². The minimum atomic E-state index is -0.360. The molecule has 4 atom stereocenters. The maximum absolute atomic E-state index is 10.8. The first-order valence-electron chi connectivity index (χ1n) is 7.73. The summed E-state index contributed by atoms with van der Waals surface area (Å²) in [4.78, 5) is 17.6. The van der Waals surface area contributed by atoms with Crippen LogP contribution in [0.5, 0.6) is 0 Å². The molecule has 0 aliphatic carbocycles. The molecule has 2 heterocycles. The first kappa shape index (κ1) is 14.1. The summed E-state index contributed by atoms with van der Waals surface area (Å²) in [6.07, 6.45) is 0.148. The van der Waals surface area contributed by atoms with E-state index in [9.17, 15) is 10.1 Å². The summed E-state index contributed by atoms with van der Waals surface area (Å²) in [7, 11) is 0. The van der Waals surface area contributed by atoms with Crippen LogP contribution in [0, 0.1) is 17.0 Å². The lowest BCUT2D eigenvalue weighted by Gasteiger charge is -2.10. The summed E-state index contributed by atoms with van der Waals surface area (Å²) >= 11 is 0. The van der Waals surface area contributed by atoms with Gasteiger partial charge in [-0.2, -0.15) is 0 Å². The van der Waals surface area contributed by atoms with Gasteiger partial charge in [-0.1, -0.05) is 36.4 Å². The van der Waals surface area contributed by atoms with E-state index >= 15 is 0 Å². The molecule has 0 bridgehead atoms. The molecule has 23 heavy (non-hydrogen) atoms. The quantitative estimate of drug-likeness (QED) is 0.495. The molecular weight excluding hydrogens is 290 g/mol. The highest BCUT2D eigenvalue weighted by Gasteiger charge is 2.57. The van der Waals surface area contributed by atoms with Gasteiger partial charge in [-0.05, 0) is 25.0 Å². The highest BCUT2D eigenvalue weighted by Crippen LogP contribution is 2.51. The van der Waals surface area contributed by atoms with E-state index in [-0.39, 0.29) is 28.9 Å². The van der Waals surface area contributed by atoms with Gasteiger partial charge in [-0.25, -0.2) is 0 Å². The predicted octanol–water partition coefficient (Wildman–Crippen LogP) is 3.48. The average Bonchev–Trinajstić information content (AvgIpc) is 3.20. The van der Waals surface area contributed by atoms with E-state index in [0.29, 0.717) is 0 Å². The summed E-state index contributed by atoms with van der Waals surface area (Å²) in [5.74, 6) is 0. The number of nitro benzene ring substituents is 1. The van der Waals surface area contributed by atoms with E-state index in [4.69, 9.17) is 4.99 Å². The van der Waals surface area contributed by atoms with Crippen LogP contribution in [0.15, 0.2) is 53.5 Å². The van der Waals surface area contributed by atoms with Gasteiger partial charge >= 0.3 is 0 Å². The van der Waals surface area contributed by atoms with Gasteiger partial charge in [0.25, 0.3) is 5.69 Å². The van der Waals surface area contributed by atoms with Crippen molar-refractivity contribution in [2.75, 3.05) is 0 Å². The minimum Gasteiger partial charge on any atom is -0.269 e. The Hall–Kier alpha value is -2.53. The zero-order chi connectivity index (χ0) is 16.1. The smallest absolute Gasteiger partial charge is 0.269 e. The van der Waals surface area contributed by atoms with Gasteiger partial charge in [0, 0.05) is 17.7 Å². The Morgan fingerprint density at radius 1 is 1.09 bits per heavy atom. The number of aryl methyl sites for hydroxylation is 1. The molecule has 2 aromatic rings.